The molecule has 1 fully saturated rings. The molecule has 1 N–H and O–H groups in total. The van der Waals surface area contributed by atoms with E-state index in [1.165, 1.54) is 11.8 Å². The predicted octanol–water partition coefficient (Wildman–Crippen LogP) is 4.98. The van der Waals surface area contributed by atoms with E-state index in [1.807, 2.05) is 6.92 Å². The minimum atomic E-state index is -0.543. The summed E-state index contributed by atoms with van der Waals surface area (Å²) in [6, 6.07) is 12.0. The Morgan fingerprint density at radius 1 is 1.24 bits per heavy atom. The molecule has 1 aliphatic heterocycles. The summed E-state index contributed by atoms with van der Waals surface area (Å²) in [6.45, 7) is 2.31. The zero-order chi connectivity index (χ0) is 21.0. The molecule has 0 aliphatic carbocycles. The minimum Gasteiger partial charge on any atom is -0.497 e. The number of rotatable bonds is 6. The van der Waals surface area contributed by atoms with E-state index in [4.69, 9.17) is 27.9 Å². The van der Waals surface area contributed by atoms with Gasteiger partial charge in [-0.3, -0.25) is 14.5 Å². The topological polar surface area (TPSA) is 71.0 Å². The predicted molar refractivity (Wildman–Crippen MR) is 119 cm³/mol. The van der Waals surface area contributed by atoms with Crippen LogP contribution in [0.4, 0.5) is 11.4 Å². The van der Waals surface area contributed by atoms with Gasteiger partial charge in [-0.05, 0) is 49.4 Å². The highest BCUT2D eigenvalue weighted by molar-refractivity contribution is 8.15. The number of aliphatic imine (C=N–C) groups is 1. The molecule has 2 aromatic carbocycles. The number of thioether (sulfide) groups is 1. The van der Waals surface area contributed by atoms with Crippen molar-refractivity contribution >= 4 is 63.3 Å². The maximum Gasteiger partial charge on any atom is 0.242 e. The molecule has 0 saturated carbocycles. The third-order valence-electron chi connectivity index (χ3n) is 4.21. The fraction of sp³-hybridized carbons (Fsp3) is 0.250. The fourth-order valence-electron chi connectivity index (χ4n) is 2.75. The monoisotopic (exact) mass is 451 g/mol. The van der Waals surface area contributed by atoms with Gasteiger partial charge < -0.3 is 10.1 Å². The summed E-state index contributed by atoms with van der Waals surface area (Å²) in [5.74, 6) is 0.305. The van der Waals surface area contributed by atoms with Crippen LogP contribution < -0.4 is 10.1 Å². The van der Waals surface area contributed by atoms with Gasteiger partial charge in [-0.15, -0.1) is 0 Å². The molecule has 0 radical (unpaired) electrons. The number of nitrogens with zero attached hydrogens (tertiary/aromatic N) is 2. The first kappa shape index (κ1) is 21.5. The third-order valence-corrected chi connectivity index (χ3v) is 5.92. The molecule has 1 unspecified atom stereocenters. The van der Waals surface area contributed by atoms with Crippen molar-refractivity contribution < 1.29 is 14.3 Å². The van der Waals surface area contributed by atoms with Crippen LogP contribution in [-0.2, 0) is 9.59 Å². The van der Waals surface area contributed by atoms with Gasteiger partial charge in [0.05, 0.1) is 17.8 Å². The van der Waals surface area contributed by atoms with Crippen molar-refractivity contribution in [3.63, 3.8) is 0 Å². The van der Waals surface area contributed by atoms with Gasteiger partial charge in [0.2, 0.25) is 11.8 Å². The van der Waals surface area contributed by atoms with E-state index in [0.717, 1.165) is 0 Å². The lowest BCUT2D eigenvalue weighted by atomic mass is 10.2. The van der Waals surface area contributed by atoms with Crippen molar-refractivity contribution in [1.29, 1.82) is 0 Å². The van der Waals surface area contributed by atoms with Crippen LogP contribution in [0.5, 0.6) is 5.75 Å². The van der Waals surface area contributed by atoms with Gasteiger partial charge in [-0.2, -0.15) is 0 Å². The SMILES string of the molecule is CCN1C(=O)C(CC(=O)Nc2ccc(OC)cc2)SC1=Nc1ccc(Cl)cc1Cl. The Labute approximate surface area is 183 Å². The summed E-state index contributed by atoms with van der Waals surface area (Å²) in [5.41, 5.74) is 1.16. The second-order valence-corrected chi connectivity index (χ2v) is 8.17. The Balaban J connectivity index is 1.70. The van der Waals surface area contributed by atoms with Gasteiger partial charge >= 0.3 is 0 Å². The van der Waals surface area contributed by atoms with Crippen molar-refractivity contribution in [2.75, 3.05) is 19.0 Å². The zero-order valence-electron chi connectivity index (χ0n) is 15.8. The van der Waals surface area contributed by atoms with Gasteiger partial charge in [0, 0.05) is 23.7 Å². The average Bonchev–Trinajstić information content (AvgIpc) is 2.98. The molecule has 1 heterocycles. The molecule has 1 aliphatic rings. The fourth-order valence-corrected chi connectivity index (χ4v) is 4.41. The molecule has 0 spiro atoms. The van der Waals surface area contributed by atoms with E-state index in [-0.39, 0.29) is 18.2 Å². The minimum absolute atomic E-state index is 0.0411. The van der Waals surface area contributed by atoms with Crippen LogP contribution in [0.15, 0.2) is 47.5 Å². The standard InChI is InChI=1S/C20H19Cl2N3O3S/c1-3-25-19(27)17(11-18(26)23-13-5-7-14(28-2)8-6-13)29-20(25)24-16-9-4-12(21)10-15(16)22/h4-10,17H,3,11H2,1-2H3,(H,23,26). The van der Waals surface area contributed by atoms with Gasteiger partial charge in [0.15, 0.2) is 5.17 Å². The van der Waals surface area contributed by atoms with Gasteiger partial charge in [-0.25, -0.2) is 4.99 Å². The first-order valence-corrected chi connectivity index (χ1v) is 10.5. The Bertz CT molecular complexity index is 950. The van der Waals surface area contributed by atoms with E-state index in [2.05, 4.69) is 10.3 Å². The van der Waals surface area contributed by atoms with E-state index in [0.29, 0.717) is 38.9 Å². The summed E-state index contributed by atoms with van der Waals surface area (Å²) < 4.78 is 5.10. The van der Waals surface area contributed by atoms with Crippen LogP contribution in [0.1, 0.15) is 13.3 Å². The third kappa shape index (κ3) is 5.23. The maximum atomic E-state index is 12.7. The number of anilines is 1. The summed E-state index contributed by atoms with van der Waals surface area (Å²) in [6.07, 6.45) is 0.0411. The highest BCUT2D eigenvalue weighted by atomic mass is 35.5. The van der Waals surface area contributed by atoms with Crippen molar-refractivity contribution in [3.8, 4) is 5.75 Å². The number of halogens is 2. The highest BCUT2D eigenvalue weighted by Crippen LogP contribution is 2.34. The number of amides is 2. The van der Waals surface area contributed by atoms with Crippen molar-refractivity contribution in [2.24, 2.45) is 4.99 Å². The Kier molecular flexibility index (Phi) is 7.05. The Hall–Kier alpha value is -2.22. The number of hydrogen-bond acceptors (Lipinski definition) is 5. The van der Waals surface area contributed by atoms with Crippen LogP contribution in [0.2, 0.25) is 10.0 Å². The normalized spacial score (nSPS) is 17.7. The number of carbonyl (C=O) groups excluding carboxylic acids is 2. The first-order chi connectivity index (χ1) is 13.9. The Morgan fingerprint density at radius 2 is 1.97 bits per heavy atom. The smallest absolute Gasteiger partial charge is 0.242 e. The number of hydrogen-bond donors (Lipinski definition) is 1. The van der Waals surface area contributed by atoms with Crippen molar-refractivity contribution in [3.05, 3.63) is 52.5 Å². The quantitative estimate of drug-likeness (QED) is 0.671. The van der Waals surface area contributed by atoms with Crippen LogP contribution >= 0.6 is 35.0 Å². The van der Waals surface area contributed by atoms with Crippen molar-refractivity contribution in [1.82, 2.24) is 4.90 Å². The largest absolute Gasteiger partial charge is 0.497 e. The molecule has 1 saturated heterocycles. The molecular weight excluding hydrogens is 433 g/mol. The van der Waals surface area contributed by atoms with Gasteiger partial charge in [0.1, 0.15) is 11.0 Å². The number of benzene rings is 2. The van der Waals surface area contributed by atoms with Gasteiger partial charge in [0.25, 0.3) is 0 Å². The molecular formula is C20H19Cl2N3O3S. The molecule has 0 aromatic heterocycles. The van der Waals surface area contributed by atoms with E-state index >= 15 is 0 Å². The lowest BCUT2D eigenvalue weighted by Gasteiger charge is -2.13. The summed E-state index contributed by atoms with van der Waals surface area (Å²) in [4.78, 5) is 31.2. The second-order valence-electron chi connectivity index (χ2n) is 6.16. The summed E-state index contributed by atoms with van der Waals surface area (Å²) in [7, 11) is 1.58. The first-order valence-electron chi connectivity index (χ1n) is 8.87. The lowest BCUT2D eigenvalue weighted by Crippen LogP contribution is -2.33. The van der Waals surface area contributed by atoms with Gasteiger partial charge in [-0.1, -0.05) is 35.0 Å². The molecule has 2 amide bonds. The molecule has 2 aromatic rings. The molecule has 1 atom stereocenters. The number of carbonyl (C=O) groups is 2. The number of amidine groups is 1. The van der Waals surface area contributed by atoms with Crippen molar-refractivity contribution in [2.45, 2.75) is 18.6 Å². The Morgan fingerprint density at radius 3 is 2.59 bits per heavy atom. The molecule has 0 bridgehead atoms. The van der Waals surface area contributed by atoms with E-state index in [1.54, 1.807) is 54.5 Å². The zero-order valence-corrected chi connectivity index (χ0v) is 18.1. The van der Waals surface area contributed by atoms with Crippen LogP contribution in [0.25, 0.3) is 0 Å². The van der Waals surface area contributed by atoms with Crippen LogP contribution in [0, 0.1) is 0 Å². The van der Waals surface area contributed by atoms with E-state index in [9.17, 15) is 9.59 Å². The molecule has 6 nitrogen and oxygen atoms in total. The average molecular weight is 452 g/mol. The maximum absolute atomic E-state index is 12.7. The summed E-state index contributed by atoms with van der Waals surface area (Å²) in [5, 5.41) is 3.68. The summed E-state index contributed by atoms with van der Waals surface area (Å²) >= 11 is 13.4. The van der Waals surface area contributed by atoms with Crippen LogP contribution in [0.3, 0.4) is 0 Å². The number of ether oxygens (including phenoxy) is 1. The van der Waals surface area contributed by atoms with Crippen LogP contribution in [-0.4, -0.2) is 40.8 Å². The highest BCUT2D eigenvalue weighted by Gasteiger charge is 2.38. The second kappa shape index (κ2) is 9.52. The number of nitrogens with one attached hydrogen (secondary N) is 1. The number of methoxy groups -OCH3 is 1. The molecule has 9 heteroatoms. The molecule has 3 rings (SSSR count). The molecule has 152 valence electrons. The lowest BCUT2D eigenvalue weighted by molar-refractivity contribution is -0.128. The van der Waals surface area contributed by atoms with E-state index < -0.39 is 5.25 Å². The molecule has 29 heavy (non-hydrogen) atoms.